The fourth-order valence-electron chi connectivity index (χ4n) is 3.35. The summed E-state index contributed by atoms with van der Waals surface area (Å²) in [5, 5.41) is 0.742. The molecule has 3 nitrogen and oxygen atoms in total. The lowest BCUT2D eigenvalue weighted by Gasteiger charge is -2.45. The van der Waals surface area contributed by atoms with E-state index in [4.69, 9.17) is 29.6 Å². The van der Waals surface area contributed by atoms with Crippen LogP contribution in [0.15, 0.2) is 18.2 Å². The van der Waals surface area contributed by atoms with Gasteiger partial charge in [0.15, 0.2) is 0 Å². The quantitative estimate of drug-likeness (QED) is 0.851. The van der Waals surface area contributed by atoms with Gasteiger partial charge in [0.25, 0.3) is 0 Å². The van der Waals surface area contributed by atoms with Crippen LogP contribution in [0.3, 0.4) is 0 Å². The lowest BCUT2D eigenvalue weighted by Crippen LogP contribution is -2.55. The molecule has 20 heavy (non-hydrogen) atoms. The number of nitrogens with two attached hydrogens (primary N) is 1. The molecule has 0 aromatic heterocycles. The summed E-state index contributed by atoms with van der Waals surface area (Å²) in [4.78, 5) is 5.46. The molecule has 0 aliphatic carbocycles. The Bertz CT molecular complexity index is 520. The molecule has 2 saturated heterocycles. The molecule has 1 aromatic carbocycles. The molecule has 0 spiro atoms. The number of hydrogen-bond acceptors (Lipinski definition) is 3. The number of rotatable bonds is 2. The molecule has 2 aliphatic heterocycles. The number of hydrogen-bond donors (Lipinski definition) is 1. The summed E-state index contributed by atoms with van der Waals surface area (Å²) in [5.41, 5.74) is 7.89. The monoisotopic (exact) mass is 309 g/mol. The molecule has 0 radical (unpaired) electrons. The number of halogens is 1. The van der Waals surface area contributed by atoms with Crippen LogP contribution in [0.5, 0.6) is 0 Å². The smallest absolute Gasteiger partial charge is 0.106 e. The van der Waals surface area contributed by atoms with Crippen LogP contribution in [-0.4, -0.2) is 42.1 Å². The second-order valence-electron chi connectivity index (χ2n) is 5.66. The molecule has 1 unspecified atom stereocenters. The topological polar surface area (TPSA) is 32.5 Å². The van der Waals surface area contributed by atoms with Crippen molar-refractivity contribution in [3.05, 3.63) is 28.8 Å². The maximum absolute atomic E-state index is 6.16. The minimum atomic E-state index is 0.447. The van der Waals surface area contributed by atoms with Gasteiger partial charge in [0.2, 0.25) is 0 Å². The molecular formula is C15H20ClN3S. The summed E-state index contributed by atoms with van der Waals surface area (Å²) in [6.45, 7) is 4.44. The van der Waals surface area contributed by atoms with Crippen LogP contribution in [-0.2, 0) is 0 Å². The second kappa shape index (κ2) is 5.88. The zero-order valence-electron chi connectivity index (χ0n) is 11.5. The van der Waals surface area contributed by atoms with Crippen LogP contribution in [0.1, 0.15) is 24.8 Å². The lowest BCUT2D eigenvalue weighted by molar-refractivity contribution is 0.133. The predicted octanol–water partition coefficient (Wildman–Crippen LogP) is 2.65. The normalized spacial score (nSPS) is 23.4. The van der Waals surface area contributed by atoms with Gasteiger partial charge in [0.05, 0.1) is 0 Å². The third-order valence-corrected chi connectivity index (χ3v) is 4.86. The number of benzene rings is 1. The first-order valence-electron chi connectivity index (χ1n) is 7.23. The highest BCUT2D eigenvalue weighted by molar-refractivity contribution is 7.80. The number of anilines is 1. The predicted molar refractivity (Wildman–Crippen MR) is 88.8 cm³/mol. The number of nitrogens with zero attached hydrogens (tertiary/aromatic N) is 2. The Hall–Kier alpha value is -0.840. The molecule has 2 fully saturated rings. The van der Waals surface area contributed by atoms with Crippen molar-refractivity contribution in [3.8, 4) is 0 Å². The van der Waals surface area contributed by atoms with E-state index in [-0.39, 0.29) is 0 Å². The standard InChI is InChI=1S/C15H20ClN3S/c16-11-4-5-13(15(17)20)14(9-11)19-8-7-18-6-2-1-3-12(18)10-19/h4-5,9,12H,1-3,6-8,10H2,(H2,17,20). The van der Waals surface area contributed by atoms with E-state index in [0.29, 0.717) is 11.0 Å². The van der Waals surface area contributed by atoms with Crippen LogP contribution < -0.4 is 10.6 Å². The Morgan fingerprint density at radius 2 is 2.10 bits per heavy atom. The van der Waals surface area contributed by atoms with Crippen LogP contribution in [0.25, 0.3) is 0 Å². The van der Waals surface area contributed by atoms with Gasteiger partial charge in [-0.05, 0) is 37.6 Å². The highest BCUT2D eigenvalue weighted by Crippen LogP contribution is 2.29. The summed E-state index contributed by atoms with van der Waals surface area (Å²) in [6, 6.07) is 6.45. The van der Waals surface area contributed by atoms with Crippen molar-refractivity contribution in [2.75, 3.05) is 31.1 Å². The van der Waals surface area contributed by atoms with Crippen molar-refractivity contribution in [1.82, 2.24) is 4.90 Å². The molecule has 2 aliphatic rings. The zero-order chi connectivity index (χ0) is 14.1. The fourth-order valence-corrected chi connectivity index (χ4v) is 3.69. The van der Waals surface area contributed by atoms with Crippen LogP contribution in [0, 0.1) is 0 Å². The van der Waals surface area contributed by atoms with Gasteiger partial charge >= 0.3 is 0 Å². The zero-order valence-corrected chi connectivity index (χ0v) is 13.1. The number of piperazine rings is 1. The van der Waals surface area contributed by atoms with E-state index in [9.17, 15) is 0 Å². The van der Waals surface area contributed by atoms with Gasteiger partial charge in [-0.2, -0.15) is 0 Å². The maximum atomic E-state index is 6.16. The number of fused-ring (bicyclic) bond motifs is 1. The Balaban J connectivity index is 1.85. The van der Waals surface area contributed by atoms with Crippen molar-refractivity contribution >= 4 is 34.5 Å². The highest BCUT2D eigenvalue weighted by Gasteiger charge is 2.29. The van der Waals surface area contributed by atoms with E-state index in [1.54, 1.807) is 0 Å². The van der Waals surface area contributed by atoms with E-state index in [1.807, 2.05) is 18.2 Å². The number of thiocarbonyl (C=S) groups is 1. The van der Waals surface area contributed by atoms with Gasteiger partial charge in [0, 0.05) is 41.9 Å². The van der Waals surface area contributed by atoms with Crippen LogP contribution in [0.4, 0.5) is 5.69 Å². The molecule has 0 bridgehead atoms. The highest BCUT2D eigenvalue weighted by atomic mass is 35.5. The van der Waals surface area contributed by atoms with E-state index in [0.717, 1.165) is 35.9 Å². The summed E-state index contributed by atoms with van der Waals surface area (Å²) >= 11 is 11.3. The first kappa shape index (κ1) is 14.1. The average molecular weight is 310 g/mol. The van der Waals surface area contributed by atoms with E-state index < -0.39 is 0 Å². The van der Waals surface area contributed by atoms with Crippen molar-refractivity contribution < 1.29 is 0 Å². The first-order valence-corrected chi connectivity index (χ1v) is 8.02. The molecule has 1 aromatic rings. The summed E-state index contributed by atoms with van der Waals surface area (Å²) in [5.74, 6) is 0. The van der Waals surface area contributed by atoms with Gasteiger partial charge in [-0.1, -0.05) is 30.2 Å². The largest absolute Gasteiger partial charge is 0.389 e. The molecule has 2 heterocycles. The first-order chi connectivity index (χ1) is 9.65. The third kappa shape index (κ3) is 2.78. The minimum Gasteiger partial charge on any atom is -0.389 e. The molecule has 5 heteroatoms. The minimum absolute atomic E-state index is 0.447. The van der Waals surface area contributed by atoms with E-state index in [2.05, 4.69) is 9.80 Å². The van der Waals surface area contributed by atoms with Crippen molar-refractivity contribution in [2.45, 2.75) is 25.3 Å². The molecule has 3 rings (SSSR count). The fraction of sp³-hybridized carbons (Fsp3) is 0.533. The van der Waals surface area contributed by atoms with Crippen molar-refractivity contribution in [2.24, 2.45) is 5.73 Å². The van der Waals surface area contributed by atoms with Gasteiger partial charge < -0.3 is 10.6 Å². The van der Waals surface area contributed by atoms with Gasteiger partial charge in [0.1, 0.15) is 4.99 Å². The lowest BCUT2D eigenvalue weighted by atomic mass is 9.98. The van der Waals surface area contributed by atoms with Crippen molar-refractivity contribution in [3.63, 3.8) is 0 Å². The van der Waals surface area contributed by atoms with Crippen molar-refractivity contribution in [1.29, 1.82) is 0 Å². The molecule has 108 valence electrons. The Kier molecular flexibility index (Phi) is 4.15. The SMILES string of the molecule is NC(=S)c1ccc(Cl)cc1N1CCN2CCCCC2C1. The summed E-state index contributed by atoms with van der Waals surface area (Å²) < 4.78 is 0. The van der Waals surface area contributed by atoms with Gasteiger partial charge in [-0.25, -0.2) is 0 Å². The van der Waals surface area contributed by atoms with E-state index in [1.165, 1.54) is 25.8 Å². The molecule has 0 saturated carbocycles. The van der Waals surface area contributed by atoms with Gasteiger partial charge in [-0.3, -0.25) is 4.90 Å². The maximum Gasteiger partial charge on any atom is 0.106 e. The Morgan fingerprint density at radius 3 is 2.90 bits per heavy atom. The molecular weight excluding hydrogens is 290 g/mol. The Labute approximate surface area is 130 Å². The molecule has 0 amide bonds. The van der Waals surface area contributed by atoms with Gasteiger partial charge in [-0.15, -0.1) is 0 Å². The van der Waals surface area contributed by atoms with Crippen LogP contribution >= 0.6 is 23.8 Å². The summed E-state index contributed by atoms with van der Waals surface area (Å²) in [6.07, 6.45) is 3.97. The van der Waals surface area contributed by atoms with Crippen LogP contribution in [0.2, 0.25) is 5.02 Å². The third-order valence-electron chi connectivity index (χ3n) is 4.40. The average Bonchev–Trinajstić information content (AvgIpc) is 2.46. The molecule has 2 N–H and O–H groups in total. The summed E-state index contributed by atoms with van der Waals surface area (Å²) in [7, 11) is 0. The molecule has 1 atom stereocenters. The van der Waals surface area contributed by atoms with E-state index >= 15 is 0 Å². The number of piperidine rings is 1. The second-order valence-corrected chi connectivity index (χ2v) is 6.53. The Morgan fingerprint density at radius 1 is 1.25 bits per heavy atom.